The van der Waals surface area contributed by atoms with Crippen molar-refractivity contribution in [3.8, 4) is 5.75 Å². The van der Waals surface area contributed by atoms with Crippen LogP contribution in [0.25, 0.3) is 10.9 Å². The summed E-state index contributed by atoms with van der Waals surface area (Å²) in [6.45, 7) is 4.73. The zero-order chi connectivity index (χ0) is 31.7. The van der Waals surface area contributed by atoms with Gasteiger partial charge in [0.1, 0.15) is 5.75 Å². The summed E-state index contributed by atoms with van der Waals surface area (Å²) < 4.78 is 43.5. The number of fused-ring (bicyclic) bond motifs is 1. The van der Waals surface area contributed by atoms with Crippen molar-refractivity contribution in [2.75, 3.05) is 54.4 Å². The molecular weight excluding hydrogens is 587 g/mol. The van der Waals surface area contributed by atoms with Gasteiger partial charge in [0, 0.05) is 62.5 Å². The molecular formula is C31H41N4O8P. The normalized spacial score (nSPS) is 15.0. The van der Waals surface area contributed by atoms with Gasteiger partial charge in [0.05, 0.1) is 23.8 Å². The molecule has 0 radical (unpaired) electrons. The van der Waals surface area contributed by atoms with Crippen molar-refractivity contribution in [2.45, 2.75) is 33.1 Å². The molecule has 2 aliphatic heterocycles. The van der Waals surface area contributed by atoms with Gasteiger partial charge in [-0.15, -0.1) is 0 Å². The van der Waals surface area contributed by atoms with Crippen LogP contribution >= 0.6 is 7.75 Å². The van der Waals surface area contributed by atoms with Crippen LogP contribution in [0.1, 0.15) is 32.3 Å². The number of nitrogens with zero attached hydrogens (tertiary/aromatic N) is 4. The number of carbonyl (C=O) groups is 2. The molecule has 1 aromatic carbocycles. The SMILES string of the molecule is CCN1C=CCC(C(=O)OCOP(=O)(OCOC(=O)C2=CN(CC)C=CC2)n2cc(CCN(C)C)c3ccc(OC)cc32)=C1. The number of hydrogen-bond acceptors (Lipinski definition) is 11. The van der Waals surface area contributed by atoms with Crippen molar-refractivity contribution in [3.63, 3.8) is 0 Å². The van der Waals surface area contributed by atoms with Crippen LogP contribution in [0, 0.1) is 0 Å². The topological polar surface area (TPSA) is 112 Å². The van der Waals surface area contributed by atoms with E-state index in [1.807, 2.05) is 79.3 Å². The van der Waals surface area contributed by atoms with Crippen LogP contribution in [0.2, 0.25) is 0 Å². The molecule has 0 N–H and O–H groups in total. The fraction of sp³-hybridized carbons (Fsp3) is 0.419. The lowest BCUT2D eigenvalue weighted by molar-refractivity contribution is -0.147. The molecule has 0 saturated heterocycles. The van der Waals surface area contributed by atoms with Crippen molar-refractivity contribution in [3.05, 3.63) is 78.1 Å². The van der Waals surface area contributed by atoms with Crippen LogP contribution in [0.15, 0.2) is 72.5 Å². The van der Waals surface area contributed by atoms with Crippen molar-refractivity contribution in [1.29, 1.82) is 0 Å². The Morgan fingerprint density at radius 2 is 1.48 bits per heavy atom. The van der Waals surface area contributed by atoms with Gasteiger partial charge in [-0.2, -0.15) is 0 Å². The lowest BCUT2D eigenvalue weighted by Crippen LogP contribution is -2.19. The molecule has 1 aromatic heterocycles. The minimum atomic E-state index is -4.30. The summed E-state index contributed by atoms with van der Waals surface area (Å²) in [6.07, 6.45) is 14.0. The van der Waals surface area contributed by atoms with E-state index in [1.54, 1.807) is 24.7 Å². The molecule has 13 heteroatoms. The standard InChI is InChI=1S/C31H41N4O8P/c1-6-33-15-8-10-25(19-33)30(36)40-22-42-44(38,43-23-41-31(37)26-11-9-16-34(7-2)20-26)35-21-24(14-17-32(3)4)28-13-12-27(39-5)18-29(28)35/h8-9,12-13,15-16,18-21H,6-7,10-11,14,17,22-23H2,1-5H3. The molecule has 2 aliphatic rings. The molecule has 3 heterocycles. The van der Waals surface area contributed by atoms with Gasteiger partial charge in [-0.25, -0.2) is 14.2 Å². The van der Waals surface area contributed by atoms with E-state index in [2.05, 4.69) is 0 Å². The average molecular weight is 629 g/mol. The molecule has 0 fully saturated rings. The predicted molar refractivity (Wildman–Crippen MR) is 166 cm³/mol. The number of benzene rings is 1. The minimum absolute atomic E-state index is 0.400. The predicted octanol–water partition coefficient (Wildman–Crippen LogP) is 4.99. The molecule has 2 aromatic rings. The number of hydrogen-bond donors (Lipinski definition) is 0. The molecule has 0 unspecified atom stereocenters. The largest absolute Gasteiger partial charge is 0.497 e. The molecule has 0 saturated carbocycles. The summed E-state index contributed by atoms with van der Waals surface area (Å²) in [4.78, 5) is 31.3. The summed E-state index contributed by atoms with van der Waals surface area (Å²) in [6, 6.07) is 5.42. The number of carbonyl (C=O) groups excluding carboxylic acids is 2. The Morgan fingerprint density at radius 1 is 0.909 bits per heavy atom. The van der Waals surface area contributed by atoms with E-state index in [0.29, 0.717) is 54.8 Å². The Labute approximate surface area is 258 Å². The first-order valence-corrected chi connectivity index (χ1v) is 16.0. The fourth-order valence-electron chi connectivity index (χ4n) is 4.66. The number of aromatic nitrogens is 1. The Hall–Kier alpha value is -3.83. The van der Waals surface area contributed by atoms with Gasteiger partial charge in [0.25, 0.3) is 0 Å². The second-order valence-corrected chi connectivity index (χ2v) is 12.3. The third-order valence-electron chi connectivity index (χ3n) is 7.15. The van der Waals surface area contributed by atoms with Crippen molar-refractivity contribution >= 4 is 30.6 Å². The molecule has 44 heavy (non-hydrogen) atoms. The van der Waals surface area contributed by atoms with E-state index in [0.717, 1.165) is 17.5 Å². The van der Waals surface area contributed by atoms with E-state index >= 15 is 0 Å². The molecule has 4 rings (SSSR count). The van der Waals surface area contributed by atoms with Gasteiger partial charge in [0.2, 0.25) is 13.6 Å². The highest BCUT2D eigenvalue weighted by atomic mass is 31.2. The summed E-state index contributed by atoms with van der Waals surface area (Å²) >= 11 is 0. The third-order valence-corrected chi connectivity index (χ3v) is 8.87. The summed E-state index contributed by atoms with van der Waals surface area (Å²) in [5.74, 6) is -0.667. The fourth-order valence-corrected chi connectivity index (χ4v) is 6.06. The Bertz CT molecular complexity index is 1450. The highest BCUT2D eigenvalue weighted by molar-refractivity contribution is 7.52. The van der Waals surface area contributed by atoms with Gasteiger partial charge in [-0.1, -0.05) is 12.2 Å². The van der Waals surface area contributed by atoms with E-state index in [4.69, 9.17) is 23.3 Å². The van der Waals surface area contributed by atoms with Gasteiger partial charge in [-0.3, -0.25) is 13.4 Å². The highest BCUT2D eigenvalue weighted by Crippen LogP contribution is 2.52. The van der Waals surface area contributed by atoms with Crippen molar-refractivity contribution < 1.29 is 37.4 Å². The second kappa shape index (κ2) is 15.3. The first kappa shape index (κ1) is 33.1. The van der Waals surface area contributed by atoms with Crippen LogP contribution in [-0.4, -0.2) is 85.4 Å². The van der Waals surface area contributed by atoms with E-state index < -0.39 is 33.3 Å². The molecule has 0 bridgehead atoms. The molecule has 0 spiro atoms. The molecule has 0 aliphatic carbocycles. The number of methoxy groups -OCH3 is 1. The quantitative estimate of drug-likeness (QED) is 0.151. The minimum Gasteiger partial charge on any atom is -0.497 e. The van der Waals surface area contributed by atoms with Gasteiger partial charge in [-0.05, 0) is 64.5 Å². The van der Waals surface area contributed by atoms with Gasteiger partial charge in [0.15, 0.2) is 0 Å². The van der Waals surface area contributed by atoms with Crippen LogP contribution in [0.5, 0.6) is 5.75 Å². The van der Waals surface area contributed by atoms with Gasteiger partial charge < -0.3 is 28.9 Å². The number of esters is 2. The number of ether oxygens (including phenoxy) is 3. The zero-order valence-corrected chi connectivity index (χ0v) is 26.8. The van der Waals surface area contributed by atoms with E-state index in [9.17, 15) is 14.2 Å². The Morgan fingerprint density at radius 3 is 1.98 bits per heavy atom. The monoisotopic (exact) mass is 628 g/mol. The van der Waals surface area contributed by atoms with E-state index in [-0.39, 0.29) is 0 Å². The average Bonchev–Trinajstić information content (AvgIpc) is 3.42. The molecule has 238 valence electrons. The molecule has 0 amide bonds. The maximum absolute atomic E-state index is 14.5. The zero-order valence-electron chi connectivity index (χ0n) is 25.9. The smallest absolute Gasteiger partial charge is 0.445 e. The van der Waals surface area contributed by atoms with Gasteiger partial charge >= 0.3 is 19.7 Å². The highest BCUT2D eigenvalue weighted by Gasteiger charge is 2.32. The first-order chi connectivity index (χ1) is 21.2. The van der Waals surface area contributed by atoms with Crippen LogP contribution < -0.4 is 4.74 Å². The maximum atomic E-state index is 14.5. The molecule has 0 atom stereocenters. The van der Waals surface area contributed by atoms with Crippen LogP contribution in [-0.2, 0) is 39.1 Å². The van der Waals surface area contributed by atoms with E-state index in [1.165, 1.54) is 11.4 Å². The lowest BCUT2D eigenvalue weighted by Gasteiger charge is -2.22. The first-order valence-electron chi connectivity index (χ1n) is 14.5. The number of allylic oxidation sites excluding steroid dienone is 2. The number of likely N-dealkylation sites (N-methyl/N-ethyl adjacent to an activating group) is 1. The lowest BCUT2D eigenvalue weighted by atomic mass is 10.1. The maximum Gasteiger partial charge on any atom is 0.445 e. The second-order valence-electron chi connectivity index (χ2n) is 10.4. The Kier molecular flexibility index (Phi) is 11.5. The van der Waals surface area contributed by atoms with Crippen molar-refractivity contribution in [2.24, 2.45) is 0 Å². The summed E-state index contributed by atoms with van der Waals surface area (Å²) in [5, 5.41) is 0.826. The third kappa shape index (κ3) is 8.21. The molecule has 12 nitrogen and oxygen atoms in total. The summed E-state index contributed by atoms with van der Waals surface area (Å²) in [7, 11) is 1.18. The van der Waals surface area contributed by atoms with Crippen LogP contribution in [0.3, 0.4) is 0 Å². The Balaban J connectivity index is 1.58. The van der Waals surface area contributed by atoms with Crippen LogP contribution in [0.4, 0.5) is 0 Å². The van der Waals surface area contributed by atoms with Crippen molar-refractivity contribution in [1.82, 2.24) is 19.0 Å². The number of rotatable bonds is 15. The summed E-state index contributed by atoms with van der Waals surface area (Å²) in [5.41, 5.74) is 2.29.